The van der Waals surface area contributed by atoms with Gasteiger partial charge in [0.05, 0.1) is 0 Å². The van der Waals surface area contributed by atoms with Crippen LogP contribution in [0.25, 0.3) is 65.0 Å². The first-order valence-corrected chi connectivity index (χ1v) is 17.0. The number of hydrogen-bond acceptors (Lipinski definition) is 2. The van der Waals surface area contributed by atoms with Crippen LogP contribution in [0.15, 0.2) is 186 Å². The van der Waals surface area contributed by atoms with Gasteiger partial charge in [-0.2, -0.15) is 0 Å². The van der Waals surface area contributed by atoms with E-state index >= 15 is 0 Å². The molecular weight excluding hydrogens is 607 g/mol. The Bertz CT molecular complexity index is 2760. The summed E-state index contributed by atoms with van der Waals surface area (Å²) in [4.78, 5) is 10.3. The summed E-state index contributed by atoms with van der Waals surface area (Å²) < 4.78 is 0. The molecule has 1 unspecified atom stereocenters. The van der Waals surface area contributed by atoms with Crippen LogP contribution in [0.5, 0.6) is 0 Å². The fourth-order valence-corrected chi connectivity index (χ4v) is 7.16. The van der Waals surface area contributed by atoms with Crippen LogP contribution in [0.1, 0.15) is 22.9 Å². The maximum absolute atomic E-state index is 6.86. The molecule has 0 amide bonds. The highest BCUT2D eigenvalue weighted by Crippen LogP contribution is 2.33. The number of rotatable bonds is 5. The molecule has 9 aromatic carbocycles. The Morgan fingerprint density at radius 3 is 1.74 bits per heavy atom. The molecule has 0 bridgehead atoms. The van der Waals surface area contributed by atoms with Gasteiger partial charge in [0.1, 0.15) is 6.17 Å². The number of nitrogens with two attached hydrogens (primary N) is 1. The molecule has 50 heavy (non-hydrogen) atoms. The van der Waals surface area contributed by atoms with Gasteiger partial charge in [-0.05, 0) is 82.7 Å². The van der Waals surface area contributed by atoms with Crippen molar-refractivity contribution in [3.63, 3.8) is 0 Å². The Hall–Kier alpha value is -6.42. The lowest BCUT2D eigenvalue weighted by atomic mass is 9.94. The first-order valence-electron chi connectivity index (χ1n) is 17.0. The van der Waals surface area contributed by atoms with Gasteiger partial charge < -0.3 is 5.73 Å². The van der Waals surface area contributed by atoms with Crippen molar-refractivity contribution >= 4 is 65.9 Å². The van der Waals surface area contributed by atoms with Crippen molar-refractivity contribution < 1.29 is 0 Å². The average Bonchev–Trinajstić information content (AvgIpc) is 3.19. The molecule has 3 heteroatoms. The van der Waals surface area contributed by atoms with Gasteiger partial charge >= 0.3 is 0 Å². The van der Waals surface area contributed by atoms with Gasteiger partial charge in [0.2, 0.25) is 0 Å². The first-order chi connectivity index (χ1) is 24.7. The Labute approximate surface area is 290 Å². The highest BCUT2D eigenvalue weighted by molar-refractivity contribution is 6.21. The molecule has 0 aliphatic heterocycles. The maximum atomic E-state index is 6.86. The standard InChI is InChI=1S/C47H33N3/c48-46(35-21-18-32(19-22-35)31-10-2-1-3-11-31)50-47(38-25-26-42-37(28-38)23-20-33-12-4-7-15-39(33)42)49-30-45-41-17-9-6-14-36(41)29-44-40-16-8-5-13-34(40)24-27-43(44)45/h1-30,46H,48H2/b49-30+,50-47-. The second-order valence-electron chi connectivity index (χ2n) is 12.8. The molecule has 0 radical (unpaired) electrons. The van der Waals surface area contributed by atoms with Crippen molar-refractivity contribution in [2.24, 2.45) is 15.7 Å². The minimum atomic E-state index is -0.604. The summed E-state index contributed by atoms with van der Waals surface area (Å²) in [5.74, 6) is 0.585. The van der Waals surface area contributed by atoms with Crippen LogP contribution < -0.4 is 5.73 Å². The summed E-state index contributed by atoms with van der Waals surface area (Å²) in [6, 6.07) is 61.8. The molecule has 9 rings (SSSR count). The third-order valence-electron chi connectivity index (χ3n) is 9.75. The second-order valence-corrected chi connectivity index (χ2v) is 12.8. The summed E-state index contributed by atoms with van der Waals surface area (Å²) >= 11 is 0. The maximum Gasteiger partial charge on any atom is 0.156 e. The third-order valence-corrected chi connectivity index (χ3v) is 9.75. The van der Waals surface area contributed by atoms with Gasteiger partial charge in [-0.15, -0.1) is 0 Å². The highest BCUT2D eigenvalue weighted by atomic mass is 15.0. The van der Waals surface area contributed by atoms with Crippen LogP contribution in [-0.2, 0) is 0 Å². The minimum Gasteiger partial charge on any atom is -0.306 e. The quantitative estimate of drug-likeness (QED) is 0.0866. The van der Waals surface area contributed by atoms with Gasteiger partial charge in [-0.25, -0.2) is 9.98 Å². The Morgan fingerprint density at radius 2 is 0.980 bits per heavy atom. The summed E-state index contributed by atoms with van der Waals surface area (Å²) in [6.45, 7) is 0. The van der Waals surface area contributed by atoms with E-state index in [1.807, 2.05) is 12.3 Å². The Kier molecular flexibility index (Phi) is 7.46. The van der Waals surface area contributed by atoms with Crippen molar-refractivity contribution in [2.75, 3.05) is 0 Å². The van der Waals surface area contributed by atoms with E-state index in [1.54, 1.807) is 0 Å². The molecule has 0 heterocycles. The molecule has 0 fully saturated rings. The fourth-order valence-electron chi connectivity index (χ4n) is 7.16. The van der Waals surface area contributed by atoms with Crippen LogP contribution in [0, 0.1) is 0 Å². The van der Waals surface area contributed by atoms with Crippen LogP contribution >= 0.6 is 0 Å². The van der Waals surface area contributed by atoms with Gasteiger partial charge in [0, 0.05) is 17.3 Å². The van der Waals surface area contributed by atoms with Gasteiger partial charge in [-0.1, -0.05) is 164 Å². The van der Waals surface area contributed by atoms with Gasteiger partial charge in [-0.3, -0.25) is 0 Å². The average molecular weight is 640 g/mol. The predicted molar refractivity (Wildman–Crippen MR) is 213 cm³/mol. The van der Waals surface area contributed by atoms with E-state index in [0.717, 1.165) is 38.4 Å². The summed E-state index contributed by atoms with van der Waals surface area (Å²) in [7, 11) is 0. The Morgan fingerprint density at radius 1 is 0.440 bits per heavy atom. The van der Waals surface area contributed by atoms with E-state index < -0.39 is 6.17 Å². The van der Waals surface area contributed by atoms with Crippen molar-refractivity contribution in [2.45, 2.75) is 6.17 Å². The monoisotopic (exact) mass is 639 g/mol. The van der Waals surface area contributed by atoms with E-state index in [9.17, 15) is 0 Å². The number of benzene rings is 9. The highest BCUT2D eigenvalue weighted by Gasteiger charge is 2.13. The zero-order valence-electron chi connectivity index (χ0n) is 27.4. The normalized spacial score (nSPS) is 12.9. The molecule has 0 aliphatic rings. The van der Waals surface area contributed by atoms with Crippen LogP contribution in [0.4, 0.5) is 0 Å². The number of hydrogen-bond donors (Lipinski definition) is 1. The largest absolute Gasteiger partial charge is 0.306 e. The van der Waals surface area contributed by atoms with E-state index in [1.165, 1.54) is 43.3 Å². The molecule has 0 saturated carbocycles. The van der Waals surface area contributed by atoms with Crippen molar-refractivity contribution in [1.82, 2.24) is 0 Å². The molecule has 0 aliphatic carbocycles. The van der Waals surface area contributed by atoms with E-state index in [-0.39, 0.29) is 0 Å². The molecule has 0 aromatic heterocycles. The number of aliphatic imine (C=N–C) groups is 2. The zero-order chi connectivity index (χ0) is 33.4. The SMILES string of the molecule is NC(/N=C(\N=C\c1c2ccccc2cc2c1ccc1ccccc12)c1ccc2c(ccc3ccccc32)c1)c1ccc(-c2ccccc2)cc1. The van der Waals surface area contributed by atoms with Crippen LogP contribution in [0.2, 0.25) is 0 Å². The van der Waals surface area contributed by atoms with Gasteiger partial charge in [0.25, 0.3) is 0 Å². The lowest BCUT2D eigenvalue weighted by Gasteiger charge is -2.13. The smallest absolute Gasteiger partial charge is 0.156 e. The summed E-state index contributed by atoms with van der Waals surface area (Å²) in [5, 5.41) is 11.9. The van der Waals surface area contributed by atoms with E-state index in [2.05, 4.69) is 170 Å². The lowest BCUT2D eigenvalue weighted by Crippen LogP contribution is -2.11. The predicted octanol–water partition coefficient (Wildman–Crippen LogP) is 11.6. The van der Waals surface area contributed by atoms with Crippen LogP contribution in [0.3, 0.4) is 0 Å². The molecule has 9 aromatic rings. The molecule has 0 saturated heterocycles. The number of fused-ring (bicyclic) bond motifs is 7. The number of amidine groups is 1. The first kappa shape index (κ1) is 29.7. The summed E-state index contributed by atoms with van der Waals surface area (Å²) in [6.07, 6.45) is 1.38. The molecular formula is C47H33N3. The lowest BCUT2D eigenvalue weighted by molar-refractivity contribution is 0.775. The van der Waals surface area contributed by atoms with E-state index in [4.69, 9.17) is 15.7 Å². The topological polar surface area (TPSA) is 50.7 Å². The molecule has 3 nitrogen and oxygen atoms in total. The molecule has 0 spiro atoms. The van der Waals surface area contributed by atoms with Crippen molar-refractivity contribution in [3.05, 3.63) is 193 Å². The van der Waals surface area contributed by atoms with Crippen molar-refractivity contribution in [1.29, 1.82) is 0 Å². The number of nitrogens with zero attached hydrogens (tertiary/aromatic N) is 2. The minimum absolute atomic E-state index is 0.585. The third kappa shape index (κ3) is 5.40. The van der Waals surface area contributed by atoms with Crippen LogP contribution in [-0.4, -0.2) is 12.1 Å². The van der Waals surface area contributed by atoms with E-state index in [0.29, 0.717) is 5.84 Å². The zero-order valence-corrected chi connectivity index (χ0v) is 27.4. The Balaban J connectivity index is 1.20. The fraction of sp³-hybridized carbons (Fsp3) is 0.0213. The second kappa shape index (κ2) is 12.6. The van der Waals surface area contributed by atoms with Gasteiger partial charge in [0.15, 0.2) is 5.84 Å². The molecule has 236 valence electrons. The van der Waals surface area contributed by atoms with Crippen molar-refractivity contribution in [3.8, 4) is 11.1 Å². The molecule has 1 atom stereocenters. The molecule has 2 N–H and O–H groups in total. The summed E-state index contributed by atoms with van der Waals surface area (Å²) in [5.41, 5.74) is 12.1.